The molecule has 0 fully saturated rings. The second kappa shape index (κ2) is 8.46. The highest BCUT2D eigenvalue weighted by Gasteiger charge is 2.20. The van der Waals surface area contributed by atoms with Gasteiger partial charge in [-0.3, -0.25) is 9.59 Å². The summed E-state index contributed by atoms with van der Waals surface area (Å²) < 4.78 is 4.57. The van der Waals surface area contributed by atoms with Gasteiger partial charge in [-0.1, -0.05) is 31.2 Å². The van der Waals surface area contributed by atoms with Crippen LogP contribution in [0, 0.1) is 5.92 Å². The van der Waals surface area contributed by atoms with E-state index in [4.69, 9.17) is 0 Å². The number of ether oxygens (including phenoxy) is 1. The molecule has 1 rings (SSSR count). The summed E-state index contributed by atoms with van der Waals surface area (Å²) in [5.74, 6) is 0.209. The number of ketones is 1. The van der Waals surface area contributed by atoms with Crippen molar-refractivity contribution >= 4 is 11.8 Å². The zero-order valence-corrected chi connectivity index (χ0v) is 11.7. The summed E-state index contributed by atoms with van der Waals surface area (Å²) in [6.45, 7) is 2.04. The zero-order valence-electron chi connectivity index (χ0n) is 11.7. The number of esters is 1. The zero-order chi connectivity index (χ0) is 14.1. The van der Waals surface area contributed by atoms with E-state index in [2.05, 4.69) is 16.9 Å². The molecule has 0 spiro atoms. The highest BCUT2D eigenvalue weighted by molar-refractivity contribution is 6.07. The van der Waals surface area contributed by atoms with Crippen LogP contribution in [0.15, 0.2) is 36.0 Å². The molecule has 0 amide bonds. The molecule has 0 saturated heterocycles. The molecule has 0 aliphatic heterocycles. The topological polar surface area (TPSA) is 43.4 Å². The first kappa shape index (κ1) is 15.4. The van der Waals surface area contributed by atoms with Gasteiger partial charge in [-0.2, -0.15) is 0 Å². The van der Waals surface area contributed by atoms with Crippen LogP contribution in [0.3, 0.4) is 0 Å². The molecular formula is C16H22O3. The summed E-state index contributed by atoms with van der Waals surface area (Å²) in [5.41, 5.74) is 0.918. The smallest absolute Gasteiger partial charge is 0.305 e. The maximum atomic E-state index is 11.6. The van der Waals surface area contributed by atoms with E-state index < -0.39 is 0 Å². The fourth-order valence-electron chi connectivity index (χ4n) is 2.09. The largest absolute Gasteiger partial charge is 0.469 e. The van der Waals surface area contributed by atoms with Gasteiger partial charge >= 0.3 is 5.97 Å². The monoisotopic (exact) mass is 262 g/mol. The first-order valence-corrected chi connectivity index (χ1v) is 6.83. The molecule has 0 aromatic rings. The molecule has 0 saturated carbocycles. The molecular weight excluding hydrogens is 240 g/mol. The Balaban J connectivity index is 2.28. The van der Waals surface area contributed by atoms with Crippen molar-refractivity contribution in [2.45, 2.75) is 39.0 Å². The Morgan fingerprint density at radius 3 is 2.89 bits per heavy atom. The lowest BCUT2D eigenvalue weighted by atomic mass is 9.97. The average Bonchev–Trinajstić information content (AvgIpc) is 2.75. The average molecular weight is 262 g/mol. The van der Waals surface area contributed by atoms with Gasteiger partial charge in [0.15, 0.2) is 5.78 Å². The number of rotatable bonds is 7. The molecule has 19 heavy (non-hydrogen) atoms. The van der Waals surface area contributed by atoms with Crippen LogP contribution in [0.2, 0.25) is 0 Å². The standard InChI is InChI=1S/C16H22O3/c1-3-8-14-13(11-12-15(14)17)9-6-4-5-7-10-16(18)19-2/h4,6,8,11-13H,3,5,7,9-10H2,1-2H3. The Morgan fingerprint density at radius 1 is 1.42 bits per heavy atom. The fourth-order valence-corrected chi connectivity index (χ4v) is 2.09. The number of allylic oxidation sites excluding steroid dienone is 6. The summed E-state index contributed by atoms with van der Waals surface area (Å²) in [4.78, 5) is 22.5. The molecule has 0 N–H and O–H groups in total. The summed E-state index contributed by atoms with van der Waals surface area (Å²) in [7, 11) is 1.41. The third-order valence-electron chi connectivity index (χ3n) is 3.12. The summed E-state index contributed by atoms with van der Waals surface area (Å²) in [6, 6.07) is 0. The van der Waals surface area contributed by atoms with Gasteiger partial charge in [-0.25, -0.2) is 0 Å². The van der Waals surface area contributed by atoms with E-state index in [-0.39, 0.29) is 17.7 Å². The molecule has 0 radical (unpaired) electrons. The minimum Gasteiger partial charge on any atom is -0.469 e. The van der Waals surface area contributed by atoms with Crippen molar-refractivity contribution in [2.75, 3.05) is 7.11 Å². The van der Waals surface area contributed by atoms with E-state index in [9.17, 15) is 9.59 Å². The summed E-state index contributed by atoms with van der Waals surface area (Å²) in [5, 5.41) is 0. The third kappa shape index (κ3) is 5.25. The van der Waals surface area contributed by atoms with E-state index in [1.54, 1.807) is 6.08 Å². The quantitative estimate of drug-likeness (QED) is 0.306. The molecule has 3 nitrogen and oxygen atoms in total. The van der Waals surface area contributed by atoms with Crippen molar-refractivity contribution in [3.63, 3.8) is 0 Å². The van der Waals surface area contributed by atoms with Crippen molar-refractivity contribution in [3.05, 3.63) is 36.0 Å². The third-order valence-corrected chi connectivity index (χ3v) is 3.12. The maximum absolute atomic E-state index is 11.6. The second-order valence-electron chi connectivity index (χ2n) is 4.57. The first-order valence-electron chi connectivity index (χ1n) is 6.83. The van der Waals surface area contributed by atoms with E-state index in [1.807, 2.05) is 19.1 Å². The van der Waals surface area contributed by atoms with Gasteiger partial charge in [0.1, 0.15) is 0 Å². The van der Waals surface area contributed by atoms with Gasteiger partial charge in [0.25, 0.3) is 0 Å². The number of carbonyl (C=O) groups excluding carboxylic acids is 2. The number of methoxy groups -OCH3 is 1. The van der Waals surface area contributed by atoms with Crippen LogP contribution in [-0.2, 0) is 14.3 Å². The van der Waals surface area contributed by atoms with Crippen molar-refractivity contribution in [3.8, 4) is 0 Å². The lowest BCUT2D eigenvalue weighted by Crippen LogP contribution is -2.01. The van der Waals surface area contributed by atoms with Crippen LogP contribution in [0.5, 0.6) is 0 Å². The lowest BCUT2D eigenvalue weighted by molar-refractivity contribution is -0.140. The molecule has 0 aromatic carbocycles. The molecule has 1 atom stereocenters. The minimum absolute atomic E-state index is 0.144. The minimum atomic E-state index is -0.161. The van der Waals surface area contributed by atoms with E-state index in [0.717, 1.165) is 31.3 Å². The fraction of sp³-hybridized carbons (Fsp3) is 0.500. The van der Waals surface area contributed by atoms with Crippen LogP contribution < -0.4 is 0 Å². The van der Waals surface area contributed by atoms with E-state index >= 15 is 0 Å². The molecule has 0 bridgehead atoms. The van der Waals surface area contributed by atoms with Gasteiger partial charge < -0.3 is 4.74 Å². The van der Waals surface area contributed by atoms with Gasteiger partial charge in [-0.05, 0) is 31.8 Å². The molecule has 0 heterocycles. The van der Waals surface area contributed by atoms with Crippen LogP contribution >= 0.6 is 0 Å². The number of unbranched alkanes of at least 4 members (excludes halogenated alkanes) is 1. The Morgan fingerprint density at radius 2 is 2.21 bits per heavy atom. The molecule has 1 aliphatic rings. The molecule has 3 heteroatoms. The van der Waals surface area contributed by atoms with E-state index in [1.165, 1.54) is 7.11 Å². The van der Waals surface area contributed by atoms with Crippen molar-refractivity contribution < 1.29 is 14.3 Å². The van der Waals surface area contributed by atoms with Crippen molar-refractivity contribution in [1.82, 2.24) is 0 Å². The van der Waals surface area contributed by atoms with Crippen LogP contribution in [-0.4, -0.2) is 18.9 Å². The molecule has 0 aromatic heterocycles. The maximum Gasteiger partial charge on any atom is 0.305 e. The number of hydrogen-bond donors (Lipinski definition) is 0. The molecule has 1 aliphatic carbocycles. The van der Waals surface area contributed by atoms with Gasteiger partial charge in [-0.15, -0.1) is 0 Å². The Bertz CT molecular complexity index is 402. The van der Waals surface area contributed by atoms with Gasteiger partial charge in [0, 0.05) is 17.9 Å². The predicted octanol–water partition coefficient (Wildman–Crippen LogP) is 3.37. The van der Waals surface area contributed by atoms with Crippen LogP contribution in [0.25, 0.3) is 0 Å². The summed E-state index contributed by atoms with van der Waals surface area (Å²) >= 11 is 0. The SMILES string of the molecule is CCC=C1C(=O)C=CC1CC=CCCCC(=O)OC. The van der Waals surface area contributed by atoms with Gasteiger partial charge in [0.05, 0.1) is 7.11 Å². The first-order chi connectivity index (χ1) is 9.19. The van der Waals surface area contributed by atoms with Crippen LogP contribution in [0.4, 0.5) is 0 Å². The Labute approximate surface area is 115 Å². The normalized spacial score (nSPS) is 20.6. The van der Waals surface area contributed by atoms with Crippen molar-refractivity contribution in [2.24, 2.45) is 5.92 Å². The van der Waals surface area contributed by atoms with E-state index in [0.29, 0.717) is 6.42 Å². The number of hydrogen-bond acceptors (Lipinski definition) is 3. The lowest BCUT2D eigenvalue weighted by Gasteiger charge is -2.06. The van der Waals surface area contributed by atoms with Gasteiger partial charge in [0.2, 0.25) is 0 Å². The second-order valence-corrected chi connectivity index (χ2v) is 4.57. The Kier molecular flexibility index (Phi) is 6.86. The highest BCUT2D eigenvalue weighted by atomic mass is 16.5. The Hall–Kier alpha value is -1.64. The predicted molar refractivity (Wildman–Crippen MR) is 75.6 cm³/mol. The van der Waals surface area contributed by atoms with Crippen molar-refractivity contribution in [1.29, 1.82) is 0 Å². The summed E-state index contributed by atoms with van der Waals surface area (Å²) in [6.07, 6.45) is 13.7. The highest BCUT2D eigenvalue weighted by Crippen LogP contribution is 2.25. The molecule has 1 unspecified atom stereocenters. The van der Waals surface area contributed by atoms with Crippen LogP contribution in [0.1, 0.15) is 39.0 Å². The number of carbonyl (C=O) groups is 2. The molecule has 104 valence electrons.